The standard InChI is InChI=1S/C19H28FN3O2/c1-14(2)17-13-22(18(24)4-3-10-21)11-9-19(25)23(17)12-15-5-7-16(20)8-6-15/h5-8,14,17H,3-4,9-13,21H2,1-2H3/t17-/m0/s1. The van der Waals surface area contributed by atoms with Crippen molar-refractivity contribution < 1.29 is 14.0 Å². The van der Waals surface area contributed by atoms with Crippen LogP contribution >= 0.6 is 0 Å². The van der Waals surface area contributed by atoms with Gasteiger partial charge in [-0.1, -0.05) is 26.0 Å². The van der Waals surface area contributed by atoms with E-state index in [1.807, 2.05) is 4.90 Å². The molecule has 0 unspecified atom stereocenters. The van der Waals surface area contributed by atoms with Crippen LogP contribution in [0.2, 0.25) is 0 Å². The Kier molecular flexibility index (Phi) is 6.93. The lowest BCUT2D eigenvalue weighted by molar-refractivity contribution is -0.134. The molecule has 0 aliphatic carbocycles. The first-order valence-electron chi connectivity index (χ1n) is 8.94. The summed E-state index contributed by atoms with van der Waals surface area (Å²) >= 11 is 0. The fourth-order valence-electron chi connectivity index (χ4n) is 3.18. The molecule has 1 aliphatic rings. The molecule has 1 aliphatic heterocycles. The normalized spacial score (nSPS) is 18.6. The van der Waals surface area contributed by atoms with E-state index >= 15 is 0 Å². The van der Waals surface area contributed by atoms with E-state index in [1.54, 1.807) is 17.0 Å². The Morgan fingerprint density at radius 1 is 1.32 bits per heavy atom. The van der Waals surface area contributed by atoms with Crippen molar-refractivity contribution in [2.24, 2.45) is 11.7 Å². The maximum absolute atomic E-state index is 13.1. The highest BCUT2D eigenvalue weighted by molar-refractivity contribution is 5.80. The Morgan fingerprint density at radius 3 is 2.60 bits per heavy atom. The van der Waals surface area contributed by atoms with Crippen LogP contribution in [0, 0.1) is 11.7 Å². The Bertz CT molecular complexity index is 589. The van der Waals surface area contributed by atoms with E-state index in [-0.39, 0.29) is 29.6 Å². The van der Waals surface area contributed by atoms with Gasteiger partial charge in [0.1, 0.15) is 5.82 Å². The summed E-state index contributed by atoms with van der Waals surface area (Å²) in [5.41, 5.74) is 6.39. The van der Waals surface area contributed by atoms with Crippen molar-refractivity contribution in [3.05, 3.63) is 35.6 Å². The quantitative estimate of drug-likeness (QED) is 0.856. The summed E-state index contributed by atoms with van der Waals surface area (Å²) in [5, 5.41) is 0. The fraction of sp³-hybridized carbons (Fsp3) is 0.579. The van der Waals surface area contributed by atoms with Crippen molar-refractivity contribution in [3.63, 3.8) is 0 Å². The van der Waals surface area contributed by atoms with Crippen molar-refractivity contribution in [2.75, 3.05) is 19.6 Å². The van der Waals surface area contributed by atoms with Crippen LogP contribution in [0.15, 0.2) is 24.3 Å². The van der Waals surface area contributed by atoms with Gasteiger partial charge in [0.2, 0.25) is 11.8 Å². The molecule has 2 amide bonds. The maximum atomic E-state index is 13.1. The molecule has 1 atom stereocenters. The Morgan fingerprint density at radius 2 is 2.00 bits per heavy atom. The highest BCUT2D eigenvalue weighted by Crippen LogP contribution is 2.21. The van der Waals surface area contributed by atoms with Gasteiger partial charge < -0.3 is 15.5 Å². The van der Waals surface area contributed by atoms with Crippen LogP contribution in [0.4, 0.5) is 4.39 Å². The molecule has 1 aromatic carbocycles. The zero-order chi connectivity index (χ0) is 18.4. The van der Waals surface area contributed by atoms with Gasteiger partial charge in [-0.05, 0) is 36.6 Å². The van der Waals surface area contributed by atoms with Gasteiger partial charge in [-0.15, -0.1) is 0 Å². The molecule has 0 spiro atoms. The van der Waals surface area contributed by atoms with Crippen molar-refractivity contribution >= 4 is 11.8 Å². The SMILES string of the molecule is CC(C)[C@@H]1CN(C(=O)CCCN)CCC(=O)N1Cc1ccc(F)cc1. The minimum atomic E-state index is -0.289. The van der Waals surface area contributed by atoms with E-state index in [2.05, 4.69) is 13.8 Å². The van der Waals surface area contributed by atoms with Gasteiger partial charge in [0.25, 0.3) is 0 Å². The van der Waals surface area contributed by atoms with Crippen LogP contribution < -0.4 is 5.73 Å². The number of amides is 2. The Labute approximate surface area is 149 Å². The summed E-state index contributed by atoms with van der Waals surface area (Å²) < 4.78 is 13.1. The first-order chi connectivity index (χ1) is 11.9. The number of benzene rings is 1. The third-order valence-corrected chi connectivity index (χ3v) is 4.71. The molecular weight excluding hydrogens is 321 g/mol. The van der Waals surface area contributed by atoms with E-state index < -0.39 is 0 Å². The minimum absolute atomic E-state index is 0.0390. The number of rotatable bonds is 6. The monoisotopic (exact) mass is 349 g/mol. The van der Waals surface area contributed by atoms with Crippen LogP contribution in [-0.2, 0) is 16.1 Å². The van der Waals surface area contributed by atoms with Gasteiger partial charge in [-0.3, -0.25) is 9.59 Å². The molecule has 2 N–H and O–H groups in total. The molecule has 1 fully saturated rings. The van der Waals surface area contributed by atoms with Gasteiger partial charge in [0.05, 0.1) is 6.04 Å². The summed E-state index contributed by atoms with van der Waals surface area (Å²) in [6, 6.07) is 6.17. The Balaban J connectivity index is 2.15. The number of carbonyl (C=O) groups is 2. The van der Waals surface area contributed by atoms with Crippen LogP contribution in [-0.4, -0.2) is 47.3 Å². The van der Waals surface area contributed by atoms with Crippen LogP contribution in [0.25, 0.3) is 0 Å². The molecule has 0 radical (unpaired) electrons. The summed E-state index contributed by atoms with van der Waals surface area (Å²) in [4.78, 5) is 28.7. The van der Waals surface area contributed by atoms with E-state index in [1.165, 1.54) is 12.1 Å². The molecule has 6 heteroatoms. The average Bonchev–Trinajstić information content (AvgIpc) is 2.75. The predicted octanol–water partition coefficient (Wildman–Crippen LogP) is 2.15. The van der Waals surface area contributed by atoms with Gasteiger partial charge in [0, 0.05) is 32.5 Å². The van der Waals surface area contributed by atoms with E-state index in [9.17, 15) is 14.0 Å². The molecule has 25 heavy (non-hydrogen) atoms. The second-order valence-corrected chi connectivity index (χ2v) is 6.94. The molecule has 0 saturated carbocycles. The molecular formula is C19H28FN3O2. The zero-order valence-electron chi connectivity index (χ0n) is 15.1. The summed E-state index contributed by atoms with van der Waals surface area (Å²) in [6.07, 6.45) is 1.40. The molecule has 1 saturated heterocycles. The number of hydrogen-bond acceptors (Lipinski definition) is 3. The number of hydrogen-bond donors (Lipinski definition) is 1. The van der Waals surface area contributed by atoms with Crippen LogP contribution in [0.5, 0.6) is 0 Å². The number of nitrogens with zero attached hydrogens (tertiary/aromatic N) is 2. The van der Waals surface area contributed by atoms with Gasteiger partial charge in [-0.25, -0.2) is 4.39 Å². The fourth-order valence-corrected chi connectivity index (χ4v) is 3.18. The Hall–Kier alpha value is -1.95. The molecule has 1 heterocycles. The second-order valence-electron chi connectivity index (χ2n) is 6.94. The van der Waals surface area contributed by atoms with Gasteiger partial charge in [-0.2, -0.15) is 0 Å². The minimum Gasteiger partial charge on any atom is -0.340 e. The molecule has 1 aromatic rings. The lowest BCUT2D eigenvalue weighted by Crippen LogP contribution is -2.47. The molecule has 5 nitrogen and oxygen atoms in total. The third-order valence-electron chi connectivity index (χ3n) is 4.71. The first kappa shape index (κ1) is 19.4. The van der Waals surface area contributed by atoms with Crippen LogP contribution in [0.3, 0.4) is 0 Å². The topological polar surface area (TPSA) is 66.6 Å². The van der Waals surface area contributed by atoms with Crippen molar-refractivity contribution in [1.29, 1.82) is 0 Å². The smallest absolute Gasteiger partial charge is 0.224 e. The first-order valence-corrected chi connectivity index (χ1v) is 8.94. The lowest BCUT2D eigenvalue weighted by atomic mass is 10.0. The molecule has 2 rings (SSSR count). The summed E-state index contributed by atoms with van der Waals surface area (Å²) in [7, 11) is 0. The predicted molar refractivity (Wildman–Crippen MR) is 95.1 cm³/mol. The highest BCUT2D eigenvalue weighted by Gasteiger charge is 2.33. The van der Waals surface area contributed by atoms with Crippen molar-refractivity contribution in [2.45, 2.75) is 45.7 Å². The largest absolute Gasteiger partial charge is 0.340 e. The number of nitrogens with two attached hydrogens (primary N) is 1. The lowest BCUT2D eigenvalue weighted by Gasteiger charge is -2.34. The maximum Gasteiger partial charge on any atom is 0.224 e. The van der Waals surface area contributed by atoms with Gasteiger partial charge >= 0.3 is 0 Å². The third kappa shape index (κ3) is 5.26. The summed E-state index contributed by atoms with van der Waals surface area (Å²) in [5.74, 6) is 0.0278. The molecule has 0 aromatic heterocycles. The summed E-state index contributed by atoms with van der Waals surface area (Å²) in [6.45, 7) is 6.03. The zero-order valence-corrected chi connectivity index (χ0v) is 15.1. The van der Waals surface area contributed by atoms with Crippen molar-refractivity contribution in [1.82, 2.24) is 9.80 Å². The van der Waals surface area contributed by atoms with E-state index in [0.717, 1.165) is 5.56 Å². The number of halogens is 1. The molecule has 138 valence electrons. The van der Waals surface area contributed by atoms with E-state index in [0.29, 0.717) is 45.4 Å². The highest BCUT2D eigenvalue weighted by atomic mass is 19.1. The average molecular weight is 349 g/mol. The van der Waals surface area contributed by atoms with Gasteiger partial charge in [0.15, 0.2) is 0 Å². The molecule has 0 bridgehead atoms. The van der Waals surface area contributed by atoms with Crippen molar-refractivity contribution in [3.8, 4) is 0 Å². The van der Waals surface area contributed by atoms with E-state index in [4.69, 9.17) is 5.73 Å². The van der Waals surface area contributed by atoms with Crippen LogP contribution in [0.1, 0.15) is 38.7 Å². The second kappa shape index (κ2) is 8.94. The number of carbonyl (C=O) groups excluding carboxylic acids is 2.